The van der Waals surface area contributed by atoms with Crippen molar-refractivity contribution >= 4 is 5.91 Å². The molecule has 2 heterocycles. The normalized spacial score (nSPS) is 17.4. The van der Waals surface area contributed by atoms with E-state index in [4.69, 9.17) is 10.00 Å². The van der Waals surface area contributed by atoms with Crippen molar-refractivity contribution < 1.29 is 9.53 Å². The van der Waals surface area contributed by atoms with Crippen LogP contribution in [0.3, 0.4) is 0 Å². The fourth-order valence-electron chi connectivity index (χ4n) is 5.56. The van der Waals surface area contributed by atoms with Crippen molar-refractivity contribution in [1.29, 1.82) is 5.26 Å². The smallest absolute Gasteiger partial charge is 0.254 e. The van der Waals surface area contributed by atoms with Crippen LogP contribution in [0.5, 0.6) is 0 Å². The van der Waals surface area contributed by atoms with Crippen molar-refractivity contribution in [3.8, 4) is 17.5 Å². The van der Waals surface area contributed by atoms with Crippen LogP contribution in [-0.2, 0) is 16.8 Å². The highest BCUT2D eigenvalue weighted by Crippen LogP contribution is 2.42. The van der Waals surface area contributed by atoms with Gasteiger partial charge in [-0.15, -0.1) is 0 Å². The number of hydrogen-bond donors (Lipinski definition) is 1. The number of rotatable bonds is 6. The van der Waals surface area contributed by atoms with E-state index < -0.39 is 0 Å². The molecule has 0 radical (unpaired) electrons. The number of hydrogen-bond acceptors (Lipinski definition) is 4. The van der Waals surface area contributed by atoms with Gasteiger partial charge in [0.15, 0.2) is 0 Å². The van der Waals surface area contributed by atoms with E-state index in [1.54, 1.807) is 7.11 Å². The Balaban J connectivity index is 1.39. The van der Waals surface area contributed by atoms with Gasteiger partial charge in [0.25, 0.3) is 5.91 Å². The predicted molar refractivity (Wildman–Crippen MR) is 140 cm³/mol. The third-order valence-electron chi connectivity index (χ3n) is 8.22. The topological polar surface area (TPSA) is 82.0 Å². The highest BCUT2D eigenvalue weighted by molar-refractivity contribution is 5.97. The Morgan fingerprint density at radius 1 is 1.22 bits per heavy atom. The lowest BCUT2D eigenvalue weighted by atomic mass is 9.74. The number of carbonyl (C=O) groups is 1. The first kappa shape index (κ1) is 24.3. The summed E-state index contributed by atoms with van der Waals surface area (Å²) in [5.41, 5.74) is 6.98. The molecular weight excluding hydrogens is 448 g/mol. The van der Waals surface area contributed by atoms with E-state index in [0.29, 0.717) is 31.2 Å². The highest BCUT2D eigenvalue weighted by Gasteiger charge is 2.34. The lowest BCUT2D eigenvalue weighted by Gasteiger charge is -2.40. The van der Waals surface area contributed by atoms with Crippen LogP contribution in [0.2, 0.25) is 0 Å². The van der Waals surface area contributed by atoms with Gasteiger partial charge in [-0.3, -0.25) is 4.79 Å². The first-order valence-corrected chi connectivity index (χ1v) is 12.9. The Morgan fingerprint density at radius 2 is 1.94 bits per heavy atom. The number of amides is 1. The molecule has 0 atom stereocenters. The second-order valence-electron chi connectivity index (χ2n) is 10.6. The average Bonchev–Trinajstić information content (AvgIpc) is 3.32. The second-order valence-corrected chi connectivity index (χ2v) is 10.6. The number of benzene rings is 2. The molecule has 2 aliphatic rings. The van der Waals surface area contributed by atoms with E-state index in [2.05, 4.69) is 54.2 Å². The van der Waals surface area contributed by atoms with E-state index in [1.165, 1.54) is 30.4 Å². The molecule has 6 nitrogen and oxygen atoms in total. The van der Waals surface area contributed by atoms with Crippen molar-refractivity contribution in [3.63, 3.8) is 0 Å². The summed E-state index contributed by atoms with van der Waals surface area (Å²) in [6.07, 6.45) is 7.24. The molecule has 2 aromatic carbocycles. The Bertz CT molecular complexity index is 1290. The van der Waals surface area contributed by atoms with Crippen molar-refractivity contribution in [2.24, 2.45) is 0 Å². The molecule has 2 fully saturated rings. The SMILES string of the molecule is COCc1cnc(-c2cc(C(=O)N3CCC(C)(c4ccc(C#N)cc4)CC3)c(C)cc2C2CCC2)[nH]1. The molecule has 0 spiro atoms. The minimum Gasteiger partial charge on any atom is -0.378 e. The van der Waals surface area contributed by atoms with Crippen LogP contribution in [0, 0.1) is 18.3 Å². The molecule has 1 N–H and O–H groups in total. The summed E-state index contributed by atoms with van der Waals surface area (Å²) >= 11 is 0. The first-order valence-electron chi connectivity index (χ1n) is 12.9. The summed E-state index contributed by atoms with van der Waals surface area (Å²) in [5, 5.41) is 9.11. The standard InChI is InChI=1S/C30H34N4O2/c1-20-15-26(22-5-4-6-22)27(28-32-18-24(33-28)19-36-3)16-25(20)29(35)34-13-11-30(2,12-14-34)23-9-7-21(17-31)8-10-23/h7-10,15-16,18,22H,4-6,11-14,19H2,1-3H3,(H,32,33). The minimum atomic E-state index is 0.00493. The van der Waals surface area contributed by atoms with E-state index >= 15 is 0 Å². The molecule has 1 saturated heterocycles. The Hall–Kier alpha value is -3.43. The number of likely N-dealkylation sites (tertiary alicyclic amines) is 1. The summed E-state index contributed by atoms with van der Waals surface area (Å²) < 4.78 is 5.26. The van der Waals surface area contributed by atoms with Crippen molar-refractivity contribution in [2.75, 3.05) is 20.2 Å². The van der Waals surface area contributed by atoms with E-state index in [0.717, 1.165) is 41.1 Å². The van der Waals surface area contributed by atoms with Crippen molar-refractivity contribution in [2.45, 2.75) is 63.9 Å². The number of aryl methyl sites for hydroxylation is 1. The molecule has 0 unspecified atom stereocenters. The lowest BCUT2D eigenvalue weighted by molar-refractivity contribution is 0.0675. The maximum absolute atomic E-state index is 13.7. The molecule has 3 aromatic rings. The van der Waals surface area contributed by atoms with Crippen LogP contribution >= 0.6 is 0 Å². The van der Waals surface area contributed by atoms with Crippen LogP contribution in [-0.4, -0.2) is 41.0 Å². The number of methoxy groups -OCH3 is 1. The third kappa shape index (κ3) is 4.56. The second kappa shape index (κ2) is 9.91. The monoisotopic (exact) mass is 482 g/mol. The van der Waals surface area contributed by atoms with Gasteiger partial charge < -0.3 is 14.6 Å². The van der Waals surface area contributed by atoms with Gasteiger partial charge in [-0.2, -0.15) is 5.26 Å². The number of H-pyrrole nitrogens is 1. The third-order valence-corrected chi connectivity index (χ3v) is 8.22. The average molecular weight is 483 g/mol. The summed E-state index contributed by atoms with van der Waals surface area (Å²) in [7, 11) is 1.67. The lowest BCUT2D eigenvalue weighted by Crippen LogP contribution is -2.44. The number of aromatic nitrogens is 2. The van der Waals surface area contributed by atoms with E-state index in [9.17, 15) is 4.79 Å². The molecule has 5 rings (SSSR count). The van der Waals surface area contributed by atoms with Gasteiger partial charge in [0.1, 0.15) is 5.82 Å². The molecule has 1 amide bonds. The highest BCUT2D eigenvalue weighted by atomic mass is 16.5. The van der Waals surface area contributed by atoms with Gasteiger partial charge in [-0.05, 0) is 78.8 Å². The molecule has 1 aliphatic heterocycles. The van der Waals surface area contributed by atoms with Gasteiger partial charge in [0.2, 0.25) is 0 Å². The molecule has 1 aliphatic carbocycles. The van der Waals surface area contributed by atoms with Gasteiger partial charge in [0, 0.05) is 31.3 Å². The summed E-state index contributed by atoms with van der Waals surface area (Å²) in [6, 6.07) is 14.4. The van der Waals surface area contributed by atoms with Gasteiger partial charge in [-0.25, -0.2) is 4.98 Å². The van der Waals surface area contributed by atoms with Crippen LogP contribution in [0.4, 0.5) is 0 Å². The number of nitriles is 1. The van der Waals surface area contributed by atoms with Gasteiger partial charge in [0.05, 0.1) is 30.1 Å². The quantitative estimate of drug-likeness (QED) is 0.477. The van der Waals surface area contributed by atoms with Gasteiger partial charge >= 0.3 is 0 Å². The summed E-state index contributed by atoms with van der Waals surface area (Å²) in [4.78, 5) is 23.8. The zero-order valence-electron chi connectivity index (χ0n) is 21.4. The molecule has 186 valence electrons. The van der Waals surface area contributed by atoms with Crippen LogP contribution in [0.15, 0.2) is 42.6 Å². The minimum absolute atomic E-state index is 0.00493. The number of carbonyl (C=O) groups excluding carboxylic acids is 1. The maximum atomic E-state index is 13.7. The van der Waals surface area contributed by atoms with Crippen LogP contribution in [0.25, 0.3) is 11.4 Å². The number of piperidine rings is 1. The van der Waals surface area contributed by atoms with Gasteiger partial charge in [-0.1, -0.05) is 31.5 Å². The molecule has 1 aromatic heterocycles. The van der Waals surface area contributed by atoms with E-state index in [-0.39, 0.29) is 11.3 Å². The Kier molecular flexibility index (Phi) is 6.68. The summed E-state index contributed by atoms with van der Waals surface area (Å²) in [6.45, 7) is 6.24. The zero-order valence-corrected chi connectivity index (χ0v) is 21.4. The number of ether oxygens (including phenoxy) is 1. The first-order chi connectivity index (χ1) is 17.4. The molecular formula is C30H34N4O2. The number of nitrogens with zero attached hydrogens (tertiary/aromatic N) is 3. The number of nitrogens with one attached hydrogen (secondary N) is 1. The van der Waals surface area contributed by atoms with E-state index in [1.807, 2.05) is 23.2 Å². The predicted octanol–water partition coefficient (Wildman–Crippen LogP) is 5.86. The Morgan fingerprint density at radius 3 is 2.56 bits per heavy atom. The zero-order chi connectivity index (χ0) is 25.3. The molecule has 36 heavy (non-hydrogen) atoms. The Labute approximate surface area is 213 Å². The number of imidazole rings is 1. The fraction of sp³-hybridized carbons (Fsp3) is 0.433. The molecule has 1 saturated carbocycles. The van der Waals surface area contributed by atoms with Crippen molar-refractivity contribution in [1.82, 2.24) is 14.9 Å². The van der Waals surface area contributed by atoms with Crippen LogP contribution < -0.4 is 0 Å². The van der Waals surface area contributed by atoms with Crippen LogP contribution in [0.1, 0.15) is 83.3 Å². The maximum Gasteiger partial charge on any atom is 0.254 e. The number of aromatic amines is 1. The molecule has 0 bridgehead atoms. The fourth-order valence-corrected chi connectivity index (χ4v) is 5.56. The molecule has 6 heteroatoms. The van der Waals surface area contributed by atoms with Crippen molar-refractivity contribution in [3.05, 3.63) is 76.1 Å². The largest absolute Gasteiger partial charge is 0.378 e. The summed E-state index contributed by atoms with van der Waals surface area (Å²) in [5.74, 6) is 1.44.